The molecule has 1 amide bonds. The number of nitrogens with zero attached hydrogens (tertiary/aromatic N) is 5. The van der Waals surface area contributed by atoms with Crippen LogP contribution in [0.5, 0.6) is 0 Å². The molecule has 0 bridgehead atoms. The Morgan fingerprint density at radius 3 is 2.79 bits per heavy atom. The molecule has 33 heavy (non-hydrogen) atoms. The molecule has 2 aromatic heterocycles. The lowest BCUT2D eigenvalue weighted by molar-refractivity contribution is -0.114. The van der Waals surface area contributed by atoms with Crippen molar-refractivity contribution in [2.24, 2.45) is 0 Å². The third-order valence-electron chi connectivity index (χ3n) is 5.42. The minimum atomic E-state index is -0.586. The molecule has 0 saturated heterocycles. The van der Waals surface area contributed by atoms with Crippen molar-refractivity contribution < 1.29 is 9.59 Å². The number of rotatable bonds is 7. The summed E-state index contributed by atoms with van der Waals surface area (Å²) in [4.78, 5) is 30.4. The molecule has 5 rings (SSSR count). The zero-order valence-corrected chi connectivity index (χ0v) is 18.8. The number of amides is 1. The zero-order chi connectivity index (χ0) is 22.9. The average Bonchev–Trinajstić information content (AvgIpc) is 3.35. The van der Waals surface area contributed by atoms with Crippen LogP contribution in [0.1, 0.15) is 22.5 Å². The summed E-state index contributed by atoms with van der Waals surface area (Å²) in [6, 6.07) is 14.4. The van der Waals surface area contributed by atoms with Gasteiger partial charge in [-0.15, -0.1) is 5.10 Å². The van der Waals surface area contributed by atoms with Crippen LogP contribution in [-0.2, 0) is 17.9 Å². The van der Waals surface area contributed by atoms with Gasteiger partial charge in [-0.1, -0.05) is 34.5 Å². The Hall–Kier alpha value is -3.49. The van der Waals surface area contributed by atoms with E-state index in [-0.39, 0.29) is 6.54 Å². The maximum absolute atomic E-state index is 12.4. The van der Waals surface area contributed by atoms with Gasteiger partial charge in [-0.05, 0) is 48.9 Å². The number of carbonyl (C=O) groups excluding carboxylic acids is 2. The van der Waals surface area contributed by atoms with Gasteiger partial charge in [0.2, 0.25) is 0 Å². The first-order valence-electron chi connectivity index (χ1n) is 10.3. The van der Waals surface area contributed by atoms with Crippen molar-refractivity contribution in [2.45, 2.75) is 19.5 Å². The average molecular weight is 481 g/mol. The van der Waals surface area contributed by atoms with Crippen molar-refractivity contribution in [3.63, 3.8) is 0 Å². The molecule has 10 heteroatoms. The van der Waals surface area contributed by atoms with E-state index < -0.39 is 11.7 Å². The number of Topliss-reactive ketones (excluding diaryl/α,β-unsaturated/α-hetero) is 1. The summed E-state index contributed by atoms with van der Waals surface area (Å²) in [5.74, 6) is -1.14. The first-order chi connectivity index (χ1) is 16.0. The number of hydrogen-bond acceptors (Lipinski definition) is 6. The van der Waals surface area contributed by atoms with Crippen molar-refractivity contribution in [3.05, 3.63) is 76.2 Å². The number of carbonyl (C=O) groups is 2. The minimum absolute atomic E-state index is 0.170. The summed E-state index contributed by atoms with van der Waals surface area (Å²) < 4.78 is 1.73. The normalized spacial score (nSPS) is 13.1. The van der Waals surface area contributed by atoms with Gasteiger partial charge in [0, 0.05) is 29.2 Å². The van der Waals surface area contributed by atoms with Gasteiger partial charge < -0.3 is 5.32 Å². The Balaban J connectivity index is 1.19. The van der Waals surface area contributed by atoms with Gasteiger partial charge in [-0.25, -0.2) is 4.98 Å². The van der Waals surface area contributed by atoms with E-state index in [9.17, 15) is 9.59 Å². The molecule has 2 aromatic carbocycles. The highest BCUT2D eigenvalue weighted by atomic mass is 35.5. The number of hydrogen-bond donors (Lipinski definition) is 1. The summed E-state index contributed by atoms with van der Waals surface area (Å²) in [5.41, 5.74) is 3.29. The molecule has 0 spiro atoms. The maximum Gasteiger partial charge on any atom is 0.299 e. The Kier molecular flexibility index (Phi) is 5.70. The number of fused-ring (bicyclic) bond motifs is 2. The first-order valence-corrected chi connectivity index (χ1v) is 11.1. The molecule has 1 aliphatic heterocycles. The van der Waals surface area contributed by atoms with Crippen molar-refractivity contribution in [1.29, 1.82) is 0 Å². The number of pyridine rings is 1. The van der Waals surface area contributed by atoms with E-state index in [1.165, 1.54) is 11.0 Å². The van der Waals surface area contributed by atoms with Gasteiger partial charge in [0.25, 0.3) is 11.7 Å². The quantitative estimate of drug-likeness (QED) is 0.240. The third-order valence-corrected chi connectivity index (χ3v) is 5.86. The van der Waals surface area contributed by atoms with Crippen LogP contribution in [0.4, 0.5) is 11.4 Å². The van der Waals surface area contributed by atoms with Gasteiger partial charge in [0.15, 0.2) is 0 Å². The van der Waals surface area contributed by atoms with Crippen LogP contribution < -0.4 is 10.2 Å². The van der Waals surface area contributed by atoms with Gasteiger partial charge >= 0.3 is 0 Å². The first kappa shape index (κ1) is 21.4. The van der Waals surface area contributed by atoms with Crippen LogP contribution in [0.25, 0.3) is 10.9 Å². The molecule has 0 unspecified atom stereocenters. The fourth-order valence-corrected chi connectivity index (χ4v) is 4.19. The van der Waals surface area contributed by atoms with E-state index in [0.717, 1.165) is 29.6 Å². The number of aryl methyl sites for hydroxylation is 1. The van der Waals surface area contributed by atoms with Crippen LogP contribution >= 0.6 is 23.2 Å². The van der Waals surface area contributed by atoms with E-state index in [1.807, 2.05) is 24.3 Å². The van der Waals surface area contributed by atoms with Gasteiger partial charge in [0.1, 0.15) is 10.8 Å². The molecule has 0 fully saturated rings. The lowest BCUT2D eigenvalue weighted by Crippen LogP contribution is -2.29. The van der Waals surface area contributed by atoms with E-state index in [4.69, 9.17) is 23.2 Å². The Bertz CT molecular complexity index is 1390. The number of nitrogens with one attached hydrogen (secondary N) is 1. The molecule has 0 radical (unpaired) electrons. The molecule has 4 aromatic rings. The van der Waals surface area contributed by atoms with Gasteiger partial charge in [-0.3, -0.25) is 19.2 Å². The predicted octanol–water partition coefficient (Wildman–Crippen LogP) is 4.36. The van der Waals surface area contributed by atoms with Crippen LogP contribution in [-0.4, -0.2) is 38.2 Å². The van der Waals surface area contributed by atoms with Crippen molar-refractivity contribution in [1.82, 2.24) is 20.0 Å². The smallest absolute Gasteiger partial charge is 0.299 e. The lowest BCUT2D eigenvalue weighted by atomic mass is 10.1. The maximum atomic E-state index is 12.4. The molecule has 0 aliphatic carbocycles. The summed E-state index contributed by atoms with van der Waals surface area (Å²) in [7, 11) is 0. The zero-order valence-electron chi connectivity index (χ0n) is 17.3. The summed E-state index contributed by atoms with van der Waals surface area (Å²) in [6.45, 7) is 1.54. The van der Waals surface area contributed by atoms with Crippen molar-refractivity contribution in [2.75, 3.05) is 16.8 Å². The lowest BCUT2D eigenvalue weighted by Gasteiger charge is -2.14. The van der Waals surface area contributed by atoms with Crippen molar-refractivity contribution in [3.8, 4) is 0 Å². The standard InChI is InChI=1S/C23H18Cl2N6O2/c24-14-5-7-20-17(11-14)22(32)23(33)31(20)13-15-12-30(29-28-15)10-2-9-26-18-3-1-4-19-16(18)6-8-21(25)27-19/h1,3-8,11-12,26H,2,9-10,13H2. The minimum Gasteiger partial charge on any atom is -0.384 e. The highest BCUT2D eigenvalue weighted by molar-refractivity contribution is 6.52. The molecule has 3 heterocycles. The molecule has 166 valence electrons. The number of ketones is 1. The van der Waals surface area contributed by atoms with Crippen LogP contribution in [0.2, 0.25) is 10.2 Å². The highest BCUT2D eigenvalue weighted by Crippen LogP contribution is 2.32. The monoisotopic (exact) mass is 480 g/mol. The molecule has 1 N–H and O–H groups in total. The largest absolute Gasteiger partial charge is 0.384 e. The van der Waals surface area contributed by atoms with Crippen LogP contribution in [0, 0.1) is 0 Å². The van der Waals surface area contributed by atoms with Crippen LogP contribution in [0.15, 0.2) is 54.7 Å². The number of benzene rings is 2. The number of halogens is 2. The van der Waals surface area contributed by atoms with E-state index >= 15 is 0 Å². The van der Waals surface area contributed by atoms with E-state index in [1.54, 1.807) is 29.1 Å². The molecule has 1 aliphatic rings. The Morgan fingerprint density at radius 1 is 1.03 bits per heavy atom. The molecule has 0 saturated carbocycles. The third kappa shape index (κ3) is 4.27. The fraction of sp³-hybridized carbons (Fsp3) is 0.174. The number of anilines is 2. The molecule has 0 atom stereocenters. The SMILES string of the molecule is O=C1C(=O)N(Cc2cn(CCCNc3cccc4nc(Cl)ccc34)nn2)c2ccc(Cl)cc21. The topological polar surface area (TPSA) is 93.0 Å². The van der Waals surface area contributed by atoms with Gasteiger partial charge in [0.05, 0.1) is 29.5 Å². The summed E-state index contributed by atoms with van der Waals surface area (Å²) >= 11 is 11.9. The van der Waals surface area contributed by atoms with Crippen molar-refractivity contribution >= 4 is 57.2 Å². The van der Waals surface area contributed by atoms with Gasteiger partial charge in [-0.2, -0.15) is 0 Å². The van der Waals surface area contributed by atoms with E-state index in [0.29, 0.717) is 33.7 Å². The highest BCUT2D eigenvalue weighted by Gasteiger charge is 2.36. The second-order valence-corrected chi connectivity index (χ2v) is 8.47. The fourth-order valence-electron chi connectivity index (χ4n) is 3.86. The number of aromatic nitrogens is 4. The Labute approximate surface area is 199 Å². The molecule has 8 nitrogen and oxygen atoms in total. The summed E-state index contributed by atoms with van der Waals surface area (Å²) in [5, 5.41) is 13.6. The van der Waals surface area contributed by atoms with E-state index in [2.05, 4.69) is 20.6 Å². The summed E-state index contributed by atoms with van der Waals surface area (Å²) in [6.07, 6.45) is 2.60. The predicted molar refractivity (Wildman–Crippen MR) is 127 cm³/mol. The van der Waals surface area contributed by atoms with Crippen LogP contribution in [0.3, 0.4) is 0 Å². The second kappa shape index (κ2) is 8.80. The Morgan fingerprint density at radius 2 is 1.91 bits per heavy atom. The second-order valence-electron chi connectivity index (χ2n) is 7.64. The molecular formula is C23H18Cl2N6O2. The molecular weight excluding hydrogens is 463 g/mol.